The predicted octanol–water partition coefficient (Wildman–Crippen LogP) is 2.85. The van der Waals surface area contributed by atoms with Gasteiger partial charge in [0.2, 0.25) is 0 Å². The largest absolute Gasteiger partial charge is 0.459 e. The molecule has 0 spiro atoms. The molecule has 126 valence electrons. The number of halogens is 5. The van der Waals surface area contributed by atoms with Gasteiger partial charge in [-0.25, -0.2) is 0 Å². The van der Waals surface area contributed by atoms with Crippen LogP contribution in [0.3, 0.4) is 0 Å². The lowest BCUT2D eigenvalue weighted by Crippen LogP contribution is -2.41. The number of carbonyl (C=O) groups is 2. The van der Waals surface area contributed by atoms with Gasteiger partial charge in [0.25, 0.3) is 0 Å². The molecule has 0 aromatic rings. The van der Waals surface area contributed by atoms with Gasteiger partial charge in [-0.15, -0.1) is 5.92 Å². The van der Waals surface area contributed by atoms with Crippen LogP contribution < -0.4 is 0 Å². The number of hydrogen-bond acceptors (Lipinski definition) is 4. The highest BCUT2D eigenvalue weighted by atomic mass is 19.4. The second kappa shape index (κ2) is 8.56. The van der Waals surface area contributed by atoms with Gasteiger partial charge in [0.15, 0.2) is 12.7 Å². The highest BCUT2D eigenvalue weighted by Crippen LogP contribution is 2.35. The first-order valence-corrected chi connectivity index (χ1v) is 6.25. The molecule has 1 atom stereocenters. The van der Waals surface area contributed by atoms with Gasteiger partial charge in [-0.3, -0.25) is 9.59 Å². The van der Waals surface area contributed by atoms with Crippen molar-refractivity contribution in [2.75, 3.05) is 6.61 Å². The summed E-state index contributed by atoms with van der Waals surface area (Å²) in [5, 5.41) is 0. The van der Waals surface area contributed by atoms with E-state index in [1.807, 2.05) is 0 Å². The molecule has 0 aliphatic carbocycles. The SMILES string of the molecule is CC#CC(CC)OC(=O)CCC(=O)OCC(F)(F)C(F)(F)F. The predicted molar refractivity (Wildman–Crippen MR) is 64.8 cm³/mol. The first-order chi connectivity index (χ1) is 10.0. The molecule has 0 saturated carbocycles. The van der Waals surface area contributed by atoms with E-state index in [2.05, 4.69) is 16.6 Å². The van der Waals surface area contributed by atoms with Crippen LogP contribution in [0, 0.1) is 11.8 Å². The molecule has 0 aliphatic heterocycles. The summed E-state index contributed by atoms with van der Waals surface area (Å²) in [5.74, 6) is -2.20. The Morgan fingerprint density at radius 2 is 1.64 bits per heavy atom. The van der Waals surface area contributed by atoms with E-state index in [0.717, 1.165) is 0 Å². The Kier molecular flexibility index (Phi) is 7.84. The molecule has 0 aromatic carbocycles. The Labute approximate surface area is 123 Å². The van der Waals surface area contributed by atoms with E-state index >= 15 is 0 Å². The van der Waals surface area contributed by atoms with Crippen molar-refractivity contribution in [1.82, 2.24) is 0 Å². The third-order valence-corrected chi connectivity index (χ3v) is 2.31. The van der Waals surface area contributed by atoms with Crippen LogP contribution in [0.1, 0.15) is 33.1 Å². The fourth-order valence-electron chi connectivity index (χ4n) is 1.12. The average molecular weight is 330 g/mol. The lowest BCUT2D eigenvalue weighted by atomic mass is 10.2. The molecule has 0 saturated heterocycles. The molecule has 0 fully saturated rings. The van der Waals surface area contributed by atoms with E-state index in [9.17, 15) is 31.5 Å². The number of hydrogen-bond donors (Lipinski definition) is 0. The van der Waals surface area contributed by atoms with Crippen molar-refractivity contribution < 1.29 is 41.0 Å². The van der Waals surface area contributed by atoms with E-state index in [-0.39, 0.29) is 0 Å². The molecule has 4 nitrogen and oxygen atoms in total. The van der Waals surface area contributed by atoms with Crippen molar-refractivity contribution in [2.24, 2.45) is 0 Å². The highest BCUT2D eigenvalue weighted by Gasteiger charge is 2.58. The standard InChI is InChI=1S/C13H15F5O4/c1-3-5-9(4-2)22-11(20)7-6-10(19)21-8-12(14,15)13(16,17)18/h9H,4,6-8H2,1-2H3. The van der Waals surface area contributed by atoms with Crippen molar-refractivity contribution in [3.05, 3.63) is 0 Å². The Morgan fingerprint density at radius 1 is 1.09 bits per heavy atom. The smallest absolute Gasteiger partial charge is 0.456 e. The molecule has 0 radical (unpaired) electrons. The lowest BCUT2D eigenvalue weighted by Gasteiger charge is -2.19. The second-order valence-corrected chi connectivity index (χ2v) is 4.14. The Hall–Kier alpha value is -1.85. The number of alkyl halides is 5. The molecule has 0 aliphatic rings. The van der Waals surface area contributed by atoms with Gasteiger partial charge in [-0.05, 0) is 13.3 Å². The Morgan fingerprint density at radius 3 is 2.09 bits per heavy atom. The minimum atomic E-state index is -5.81. The zero-order valence-electron chi connectivity index (χ0n) is 11.9. The van der Waals surface area contributed by atoms with E-state index in [0.29, 0.717) is 6.42 Å². The summed E-state index contributed by atoms with van der Waals surface area (Å²) >= 11 is 0. The van der Waals surface area contributed by atoms with Gasteiger partial charge in [0, 0.05) is 0 Å². The average Bonchev–Trinajstić information content (AvgIpc) is 2.41. The molecule has 0 N–H and O–H groups in total. The van der Waals surface area contributed by atoms with Crippen LogP contribution in [0.5, 0.6) is 0 Å². The molecule has 9 heteroatoms. The molecule has 0 rings (SSSR count). The van der Waals surface area contributed by atoms with Gasteiger partial charge in [0.1, 0.15) is 0 Å². The maximum Gasteiger partial charge on any atom is 0.456 e. The van der Waals surface area contributed by atoms with Crippen molar-refractivity contribution in [3.63, 3.8) is 0 Å². The number of ether oxygens (including phenoxy) is 2. The summed E-state index contributed by atoms with van der Waals surface area (Å²) in [5.41, 5.74) is 0. The topological polar surface area (TPSA) is 52.6 Å². The van der Waals surface area contributed by atoms with Crippen molar-refractivity contribution in [1.29, 1.82) is 0 Å². The van der Waals surface area contributed by atoms with Crippen LogP contribution in [-0.4, -0.2) is 36.7 Å². The molecule has 0 heterocycles. The van der Waals surface area contributed by atoms with Gasteiger partial charge in [-0.1, -0.05) is 12.8 Å². The minimum Gasteiger partial charge on any atom is -0.459 e. The van der Waals surface area contributed by atoms with E-state index in [4.69, 9.17) is 4.74 Å². The molecular weight excluding hydrogens is 315 g/mol. The third-order valence-electron chi connectivity index (χ3n) is 2.31. The van der Waals surface area contributed by atoms with Gasteiger partial charge in [-0.2, -0.15) is 22.0 Å². The second-order valence-electron chi connectivity index (χ2n) is 4.14. The van der Waals surface area contributed by atoms with Crippen LogP contribution in [0.25, 0.3) is 0 Å². The van der Waals surface area contributed by atoms with Crippen LogP contribution in [0.15, 0.2) is 0 Å². The maximum absolute atomic E-state index is 12.5. The highest BCUT2D eigenvalue weighted by molar-refractivity contribution is 5.77. The monoisotopic (exact) mass is 330 g/mol. The first-order valence-electron chi connectivity index (χ1n) is 6.25. The van der Waals surface area contributed by atoms with E-state index in [1.54, 1.807) is 6.92 Å². The third kappa shape index (κ3) is 7.24. The zero-order chi connectivity index (χ0) is 17.4. The summed E-state index contributed by atoms with van der Waals surface area (Å²) in [7, 11) is 0. The van der Waals surface area contributed by atoms with Gasteiger partial charge < -0.3 is 9.47 Å². The summed E-state index contributed by atoms with van der Waals surface area (Å²) in [4.78, 5) is 22.4. The Balaban J connectivity index is 4.19. The van der Waals surface area contributed by atoms with Gasteiger partial charge >= 0.3 is 24.0 Å². The number of carbonyl (C=O) groups excluding carboxylic acids is 2. The first kappa shape index (κ1) is 20.1. The number of rotatable bonds is 7. The van der Waals surface area contributed by atoms with Crippen LogP contribution in [0.4, 0.5) is 22.0 Å². The van der Waals surface area contributed by atoms with Crippen LogP contribution in [-0.2, 0) is 19.1 Å². The van der Waals surface area contributed by atoms with E-state index in [1.165, 1.54) is 6.92 Å². The minimum absolute atomic E-state index is 0.412. The Bertz CT molecular complexity index is 448. The summed E-state index contributed by atoms with van der Waals surface area (Å²) in [6.07, 6.45) is -7.22. The molecule has 0 amide bonds. The summed E-state index contributed by atoms with van der Waals surface area (Å²) < 4.78 is 69.1. The van der Waals surface area contributed by atoms with Crippen LogP contribution >= 0.6 is 0 Å². The normalized spacial score (nSPS) is 12.9. The lowest BCUT2D eigenvalue weighted by molar-refractivity contribution is -0.294. The fraction of sp³-hybridized carbons (Fsp3) is 0.692. The molecular formula is C13H15F5O4. The van der Waals surface area contributed by atoms with E-state index < -0.39 is 49.6 Å². The fourth-order valence-corrected chi connectivity index (χ4v) is 1.12. The van der Waals surface area contributed by atoms with Crippen LogP contribution in [0.2, 0.25) is 0 Å². The number of esters is 2. The van der Waals surface area contributed by atoms with Crippen molar-refractivity contribution in [2.45, 2.75) is 51.3 Å². The molecule has 0 aromatic heterocycles. The van der Waals surface area contributed by atoms with Crippen molar-refractivity contribution in [3.8, 4) is 11.8 Å². The van der Waals surface area contributed by atoms with Gasteiger partial charge in [0.05, 0.1) is 12.8 Å². The molecule has 22 heavy (non-hydrogen) atoms. The molecule has 1 unspecified atom stereocenters. The zero-order valence-corrected chi connectivity index (χ0v) is 11.9. The summed E-state index contributed by atoms with van der Waals surface area (Å²) in [6.45, 7) is 1.12. The molecule has 0 bridgehead atoms. The quantitative estimate of drug-likeness (QED) is 0.409. The van der Waals surface area contributed by atoms with Crippen molar-refractivity contribution >= 4 is 11.9 Å². The summed E-state index contributed by atoms with van der Waals surface area (Å²) in [6, 6.07) is 0. The maximum atomic E-state index is 12.5.